The van der Waals surface area contributed by atoms with E-state index in [-0.39, 0.29) is 0 Å². The van der Waals surface area contributed by atoms with Gasteiger partial charge >= 0.3 is 0 Å². The van der Waals surface area contributed by atoms with Crippen molar-refractivity contribution in [3.8, 4) is 0 Å². The number of unbranched alkanes of at least 4 members (excludes halogenated alkanes) is 30. The molecule has 288 valence electrons. The Morgan fingerprint density at radius 3 is 1.00 bits per heavy atom. The topological polar surface area (TPSA) is 110 Å². The predicted molar refractivity (Wildman–Crippen MR) is 205 cm³/mol. The van der Waals surface area contributed by atoms with Crippen LogP contribution >= 0.6 is 0 Å². The number of carbonyl (C=O) groups is 1. The van der Waals surface area contributed by atoms with Gasteiger partial charge in [-0.2, -0.15) is 0 Å². The van der Waals surface area contributed by atoms with Crippen molar-refractivity contribution >= 4 is 5.91 Å². The largest absolute Gasteiger partial charge is 0.394 e. The van der Waals surface area contributed by atoms with Gasteiger partial charge in [0.25, 0.3) is 0 Å². The minimum atomic E-state index is -1.25. The fourth-order valence-corrected chi connectivity index (χ4v) is 6.88. The van der Waals surface area contributed by atoms with Crippen molar-refractivity contribution in [2.45, 2.75) is 257 Å². The molecule has 0 aliphatic heterocycles. The molecule has 0 radical (unpaired) electrons. The second kappa shape index (κ2) is 37.6. The Morgan fingerprint density at radius 2 is 0.708 bits per heavy atom. The van der Waals surface area contributed by atoms with Gasteiger partial charge in [-0.05, 0) is 12.8 Å². The summed E-state index contributed by atoms with van der Waals surface area (Å²) in [5, 5.41) is 43.6. The fraction of sp³-hybridized carbons (Fsp3) is 0.976. The van der Waals surface area contributed by atoms with Gasteiger partial charge < -0.3 is 25.7 Å². The van der Waals surface area contributed by atoms with Gasteiger partial charge in [-0.15, -0.1) is 0 Å². The lowest BCUT2D eigenvalue weighted by Crippen LogP contribution is -2.53. The Labute approximate surface area is 299 Å². The number of nitrogens with one attached hydrogen (secondary N) is 1. The first-order chi connectivity index (χ1) is 23.5. The van der Waals surface area contributed by atoms with Crippen LogP contribution in [0.1, 0.15) is 232 Å². The second-order valence-electron chi connectivity index (χ2n) is 15.1. The summed E-state index contributed by atoms with van der Waals surface area (Å²) in [5.41, 5.74) is 0. The summed E-state index contributed by atoms with van der Waals surface area (Å²) in [4.78, 5) is 12.5. The molecule has 4 atom stereocenters. The monoisotopic (exact) mass is 684 g/mol. The lowest BCUT2D eigenvalue weighted by molar-refractivity contribution is -0.132. The summed E-state index contributed by atoms with van der Waals surface area (Å²) < 4.78 is 0. The van der Waals surface area contributed by atoms with Crippen LogP contribution in [0.15, 0.2) is 0 Å². The molecule has 0 bridgehead atoms. The van der Waals surface area contributed by atoms with Crippen molar-refractivity contribution in [3.05, 3.63) is 0 Å². The molecule has 5 N–H and O–H groups in total. The molecule has 0 rings (SSSR count). The van der Waals surface area contributed by atoms with E-state index in [1.54, 1.807) is 0 Å². The highest BCUT2D eigenvalue weighted by molar-refractivity contribution is 5.80. The van der Waals surface area contributed by atoms with Gasteiger partial charge in [-0.3, -0.25) is 4.79 Å². The van der Waals surface area contributed by atoms with Crippen LogP contribution in [0.2, 0.25) is 0 Å². The number of amides is 1. The van der Waals surface area contributed by atoms with Gasteiger partial charge in [-0.25, -0.2) is 0 Å². The molecular formula is C42H85NO5. The van der Waals surface area contributed by atoms with Crippen LogP contribution in [-0.4, -0.2) is 57.3 Å². The number of aliphatic hydroxyl groups is 4. The Hall–Kier alpha value is -0.690. The fourth-order valence-electron chi connectivity index (χ4n) is 6.88. The number of hydrogen-bond acceptors (Lipinski definition) is 5. The van der Waals surface area contributed by atoms with E-state index in [0.29, 0.717) is 12.8 Å². The van der Waals surface area contributed by atoms with Gasteiger partial charge in [0.2, 0.25) is 5.91 Å². The van der Waals surface area contributed by atoms with Crippen LogP contribution in [0, 0.1) is 0 Å². The van der Waals surface area contributed by atoms with Gasteiger partial charge in [0.05, 0.1) is 18.8 Å². The molecule has 0 aromatic heterocycles. The summed E-state index contributed by atoms with van der Waals surface area (Å²) in [6.45, 7) is 4.05. The van der Waals surface area contributed by atoms with Gasteiger partial charge in [0.1, 0.15) is 12.2 Å². The first-order valence-electron chi connectivity index (χ1n) is 21.4. The number of aliphatic hydroxyl groups excluding tert-OH is 4. The van der Waals surface area contributed by atoms with E-state index >= 15 is 0 Å². The van der Waals surface area contributed by atoms with Crippen molar-refractivity contribution in [3.63, 3.8) is 0 Å². The Balaban J connectivity index is 3.68. The number of carbonyl (C=O) groups excluding carboxylic acids is 1. The number of hydrogen-bond donors (Lipinski definition) is 5. The maximum Gasteiger partial charge on any atom is 0.249 e. The van der Waals surface area contributed by atoms with E-state index in [2.05, 4.69) is 19.2 Å². The predicted octanol–water partition coefficient (Wildman–Crippen LogP) is 10.8. The molecule has 1 amide bonds. The zero-order chi connectivity index (χ0) is 35.3. The van der Waals surface area contributed by atoms with Crippen molar-refractivity contribution in [1.82, 2.24) is 5.32 Å². The summed E-state index contributed by atoms with van der Waals surface area (Å²) >= 11 is 0. The second-order valence-corrected chi connectivity index (χ2v) is 15.1. The number of rotatable bonds is 39. The van der Waals surface area contributed by atoms with Crippen LogP contribution in [0.4, 0.5) is 0 Å². The normalized spacial score (nSPS) is 14.2. The molecular weight excluding hydrogens is 598 g/mol. The molecule has 0 spiro atoms. The van der Waals surface area contributed by atoms with E-state index in [1.807, 2.05) is 0 Å². The Bertz CT molecular complexity index is 648. The van der Waals surface area contributed by atoms with Gasteiger partial charge in [-0.1, -0.05) is 219 Å². The molecule has 0 saturated heterocycles. The zero-order valence-corrected chi connectivity index (χ0v) is 32.3. The summed E-state index contributed by atoms with van der Waals surface area (Å²) in [6, 6.07) is -0.977. The van der Waals surface area contributed by atoms with E-state index in [1.165, 1.54) is 167 Å². The molecule has 0 aromatic rings. The quantitative estimate of drug-likeness (QED) is 0.0414. The van der Waals surface area contributed by atoms with Crippen molar-refractivity contribution in [2.24, 2.45) is 0 Å². The molecule has 0 heterocycles. The highest BCUT2D eigenvalue weighted by Gasteiger charge is 2.28. The third-order valence-corrected chi connectivity index (χ3v) is 10.3. The van der Waals surface area contributed by atoms with E-state index in [0.717, 1.165) is 38.5 Å². The first kappa shape index (κ1) is 47.3. The highest BCUT2D eigenvalue weighted by Crippen LogP contribution is 2.17. The summed E-state index contributed by atoms with van der Waals surface area (Å²) in [5.74, 6) is -0.580. The Kier molecular flexibility index (Phi) is 37.0. The molecule has 6 heteroatoms. The van der Waals surface area contributed by atoms with Gasteiger partial charge in [0.15, 0.2) is 0 Å². The van der Waals surface area contributed by atoms with Crippen LogP contribution in [-0.2, 0) is 4.79 Å². The summed E-state index contributed by atoms with van der Waals surface area (Å²) in [7, 11) is 0. The van der Waals surface area contributed by atoms with Crippen molar-refractivity contribution < 1.29 is 25.2 Å². The zero-order valence-electron chi connectivity index (χ0n) is 32.3. The third kappa shape index (κ3) is 31.3. The minimum absolute atomic E-state index is 0.375. The first-order valence-corrected chi connectivity index (χ1v) is 21.4. The molecule has 0 aromatic carbocycles. The lowest BCUT2D eigenvalue weighted by Gasteiger charge is -2.27. The molecule has 0 saturated carbocycles. The molecule has 0 aliphatic carbocycles. The molecule has 48 heavy (non-hydrogen) atoms. The highest BCUT2D eigenvalue weighted by atomic mass is 16.3. The summed E-state index contributed by atoms with van der Waals surface area (Å²) in [6.07, 6.45) is 38.4. The van der Waals surface area contributed by atoms with Crippen molar-refractivity contribution in [1.29, 1.82) is 0 Å². The molecule has 0 aliphatic rings. The maximum atomic E-state index is 12.5. The minimum Gasteiger partial charge on any atom is -0.394 e. The molecule has 6 nitrogen and oxygen atoms in total. The van der Waals surface area contributed by atoms with Crippen molar-refractivity contribution in [2.75, 3.05) is 6.61 Å². The third-order valence-electron chi connectivity index (χ3n) is 10.3. The van der Waals surface area contributed by atoms with Crippen LogP contribution < -0.4 is 5.32 Å². The molecule has 4 unspecified atom stereocenters. The average molecular weight is 684 g/mol. The van der Waals surface area contributed by atoms with Crippen LogP contribution in [0.25, 0.3) is 0 Å². The van der Waals surface area contributed by atoms with E-state index < -0.39 is 36.9 Å². The maximum absolute atomic E-state index is 12.5. The molecule has 0 fully saturated rings. The SMILES string of the molecule is CCCCCCCCCCCCCCCCCCCCCCC(O)C(=O)NC(CO)C(O)C(O)CCCCCCCCCCCCCC. The van der Waals surface area contributed by atoms with E-state index in [9.17, 15) is 25.2 Å². The van der Waals surface area contributed by atoms with Gasteiger partial charge in [0, 0.05) is 0 Å². The van der Waals surface area contributed by atoms with E-state index in [4.69, 9.17) is 0 Å². The van der Waals surface area contributed by atoms with Crippen LogP contribution in [0.3, 0.4) is 0 Å². The van der Waals surface area contributed by atoms with Crippen LogP contribution in [0.5, 0.6) is 0 Å². The lowest BCUT2D eigenvalue weighted by atomic mass is 9.99. The smallest absolute Gasteiger partial charge is 0.249 e. The Morgan fingerprint density at radius 1 is 0.438 bits per heavy atom. The average Bonchev–Trinajstić information content (AvgIpc) is 3.09. The standard InChI is InChI=1S/C42H85NO5/c1-3-5-7-9-11-13-15-17-18-19-20-21-22-23-24-26-28-30-32-34-36-40(46)42(48)43-38(37-44)41(47)39(45)35-33-31-29-27-25-16-14-12-10-8-6-4-2/h38-41,44-47H,3-37H2,1-2H3,(H,43,48).